The number of hydrogen-bond acceptors (Lipinski definition) is 5. The highest BCUT2D eigenvalue weighted by Gasteiger charge is 2.27. The van der Waals surface area contributed by atoms with Gasteiger partial charge in [-0.05, 0) is 26.2 Å². The fourth-order valence-corrected chi connectivity index (χ4v) is 3.04. The predicted molar refractivity (Wildman–Crippen MR) is 92.3 cm³/mol. The number of β-amino-alcohol motifs (C(OH)–C–C–N with tert-alkyl or cyclic N) is 1. The molecule has 1 heterocycles. The molecule has 1 amide bonds. The van der Waals surface area contributed by atoms with Crippen LogP contribution in [0, 0.1) is 0 Å². The van der Waals surface area contributed by atoms with Crippen LogP contribution in [0.15, 0.2) is 28.4 Å². The summed E-state index contributed by atoms with van der Waals surface area (Å²) in [6.07, 6.45) is 2.72. The number of nitrogens with two attached hydrogens (primary N) is 1. The molecule has 6 nitrogen and oxygen atoms in total. The fourth-order valence-electron chi connectivity index (χ4n) is 3.04. The number of nitrogens with zero attached hydrogens (tertiary/aromatic N) is 3. The van der Waals surface area contributed by atoms with Gasteiger partial charge in [0.2, 0.25) is 0 Å². The molecule has 0 bridgehead atoms. The highest BCUT2D eigenvalue weighted by atomic mass is 16.3. The van der Waals surface area contributed by atoms with E-state index in [1.807, 2.05) is 11.8 Å². The van der Waals surface area contributed by atoms with E-state index < -0.39 is 0 Å². The fraction of sp³-hybridized carbons (Fsp3) is 0.647. The molecule has 1 saturated heterocycles. The number of hydrogen-bond donors (Lipinski definition) is 2. The Balaban J connectivity index is 2.03. The first-order valence-electron chi connectivity index (χ1n) is 8.32. The maximum Gasteiger partial charge on any atom is 0.270 e. The summed E-state index contributed by atoms with van der Waals surface area (Å²) in [7, 11) is 0. The van der Waals surface area contributed by atoms with Gasteiger partial charge in [0.05, 0.1) is 13.2 Å². The molecule has 2 aliphatic rings. The van der Waals surface area contributed by atoms with Crippen LogP contribution >= 0.6 is 0 Å². The van der Waals surface area contributed by atoms with Gasteiger partial charge in [0.1, 0.15) is 5.70 Å². The van der Waals surface area contributed by atoms with Crippen LogP contribution in [0.25, 0.3) is 0 Å². The second kappa shape index (κ2) is 8.26. The lowest BCUT2D eigenvalue weighted by Gasteiger charge is -2.34. The van der Waals surface area contributed by atoms with Gasteiger partial charge in [-0.2, -0.15) is 0 Å². The molecule has 2 rings (SSSR count). The number of aliphatic hydroxyl groups excluding tert-OH is 1. The molecule has 23 heavy (non-hydrogen) atoms. The van der Waals surface area contributed by atoms with Gasteiger partial charge in [0.25, 0.3) is 5.91 Å². The maximum absolute atomic E-state index is 12.6. The number of allylic oxidation sites excluding steroid dienone is 1. The van der Waals surface area contributed by atoms with E-state index in [1.54, 1.807) is 0 Å². The standard InChI is InChI=1S/C17H28N4O2/c1-13(2)12-19-15-5-3-4-14(15)16(18)17(23)21-8-6-20(7-9-21)10-11-22/h22H,1,3-12,18H2,2H3/b16-14-,19-15?. The largest absolute Gasteiger partial charge is 0.395 e. The molecule has 1 saturated carbocycles. The molecule has 0 aromatic rings. The van der Waals surface area contributed by atoms with Crippen molar-refractivity contribution in [1.29, 1.82) is 0 Å². The van der Waals surface area contributed by atoms with E-state index in [2.05, 4.69) is 16.5 Å². The molecule has 3 N–H and O–H groups in total. The van der Waals surface area contributed by atoms with Crippen molar-refractivity contribution in [2.24, 2.45) is 10.7 Å². The van der Waals surface area contributed by atoms with E-state index in [1.165, 1.54) is 0 Å². The Hall–Kier alpha value is -1.66. The van der Waals surface area contributed by atoms with Gasteiger partial charge in [-0.3, -0.25) is 14.7 Å². The molecule has 0 aromatic heterocycles. The zero-order chi connectivity index (χ0) is 16.8. The van der Waals surface area contributed by atoms with Crippen molar-refractivity contribution in [3.05, 3.63) is 23.4 Å². The van der Waals surface area contributed by atoms with Crippen molar-refractivity contribution < 1.29 is 9.90 Å². The average Bonchev–Trinajstić information content (AvgIpc) is 3.01. The Bertz CT molecular complexity index is 517. The van der Waals surface area contributed by atoms with E-state index >= 15 is 0 Å². The van der Waals surface area contributed by atoms with Crippen LogP contribution in [-0.4, -0.2) is 72.4 Å². The number of carbonyl (C=O) groups is 1. The zero-order valence-corrected chi connectivity index (χ0v) is 14.1. The van der Waals surface area contributed by atoms with Gasteiger partial charge < -0.3 is 15.7 Å². The van der Waals surface area contributed by atoms with Gasteiger partial charge in [0, 0.05) is 44.0 Å². The molecule has 128 valence electrons. The van der Waals surface area contributed by atoms with E-state index in [9.17, 15) is 4.79 Å². The Morgan fingerprint density at radius 3 is 2.61 bits per heavy atom. The van der Waals surface area contributed by atoms with Crippen LogP contribution in [0.5, 0.6) is 0 Å². The number of aliphatic imine (C=N–C) groups is 1. The second-order valence-electron chi connectivity index (χ2n) is 6.32. The van der Waals surface area contributed by atoms with Crippen LogP contribution in [0.2, 0.25) is 0 Å². The van der Waals surface area contributed by atoms with E-state index in [0.29, 0.717) is 31.9 Å². The summed E-state index contributed by atoms with van der Waals surface area (Å²) in [4.78, 5) is 21.2. The third-order valence-corrected chi connectivity index (χ3v) is 4.36. The molecule has 0 unspecified atom stereocenters. The lowest BCUT2D eigenvalue weighted by atomic mass is 10.1. The summed E-state index contributed by atoms with van der Waals surface area (Å²) in [5.41, 5.74) is 9.44. The first-order chi connectivity index (χ1) is 11.0. The zero-order valence-electron chi connectivity index (χ0n) is 14.1. The summed E-state index contributed by atoms with van der Waals surface area (Å²) >= 11 is 0. The monoisotopic (exact) mass is 320 g/mol. The quantitative estimate of drug-likeness (QED) is 0.572. The average molecular weight is 320 g/mol. The van der Waals surface area contributed by atoms with Gasteiger partial charge in [0.15, 0.2) is 0 Å². The van der Waals surface area contributed by atoms with E-state index in [4.69, 9.17) is 10.8 Å². The highest BCUT2D eigenvalue weighted by molar-refractivity contribution is 6.09. The lowest BCUT2D eigenvalue weighted by Crippen LogP contribution is -2.50. The third-order valence-electron chi connectivity index (χ3n) is 4.36. The summed E-state index contributed by atoms with van der Waals surface area (Å²) in [5, 5.41) is 8.98. The van der Waals surface area contributed by atoms with Gasteiger partial charge in [-0.1, -0.05) is 12.2 Å². The van der Waals surface area contributed by atoms with Crippen LogP contribution in [0.4, 0.5) is 0 Å². The predicted octanol–water partition coefficient (Wildman–Crippen LogP) is 0.537. The first-order valence-corrected chi connectivity index (χ1v) is 8.32. The number of carbonyl (C=O) groups excluding carboxylic acids is 1. The van der Waals surface area contributed by atoms with Crippen LogP contribution in [0.1, 0.15) is 26.2 Å². The summed E-state index contributed by atoms with van der Waals surface area (Å²) in [5.74, 6) is -0.0754. The Morgan fingerprint density at radius 1 is 1.30 bits per heavy atom. The van der Waals surface area contributed by atoms with E-state index in [-0.39, 0.29) is 12.5 Å². The Morgan fingerprint density at radius 2 is 2.00 bits per heavy atom. The van der Waals surface area contributed by atoms with E-state index in [0.717, 1.165) is 49.2 Å². The van der Waals surface area contributed by atoms with Crippen LogP contribution < -0.4 is 5.73 Å². The number of rotatable bonds is 5. The Kier molecular flexibility index (Phi) is 6.36. The topological polar surface area (TPSA) is 82.2 Å². The molecule has 2 fully saturated rings. The lowest BCUT2D eigenvalue weighted by molar-refractivity contribution is -0.129. The van der Waals surface area contributed by atoms with Crippen molar-refractivity contribution in [2.75, 3.05) is 45.9 Å². The molecule has 0 spiro atoms. The summed E-state index contributed by atoms with van der Waals surface area (Å²) in [6, 6.07) is 0. The Labute approximate surface area is 138 Å². The number of piperazine rings is 1. The molecular formula is C17H28N4O2. The van der Waals surface area contributed by atoms with Crippen molar-refractivity contribution in [3.63, 3.8) is 0 Å². The smallest absolute Gasteiger partial charge is 0.270 e. The molecule has 1 aliphatic carbocycles. The van der Waals surface area contributed by atoms with Crippen molar-refractivity contribution in [1.82, 2.24) is 9.80 Å². The molecular weight excluding hydrogens is 292 g/mol. The van der Waals surface area contributed by atoms with Crippen molar-refractivity contribution in [2.45, 2.75) is 26.2 Å². The molecule has 0 radical (unpaired) electrons. The molecule has 0 aromatic carbocycles. The molecule has 6 heteroatoms. The minimum atomic E-state index is -0.0754. The minimum absolute atomic E-state index is 0.0754. The normalized spacial score (nSPS) is 23.4. The minimum Gasteiger partial charge on any atom is -0.395 e. The van der Waals surface area contributed by atoms with Crippen molar-refractivity contribution >= 4 is 11.6 Å². The SMILES string of the molecule is C=C(C)CN=C1CCC/C1=C(/N)C(=O)N1CCN(CCO)CC1. The molecule has 1 aliphatic heterocycles. The van der Waals surface area contributed by atoms with Gasteiger partial charge in [-0.15, -0.1) is 0 Å². The van der Waals surface area contributed by atoms with Crippen LogP contribution in [0.3, 0.4) is 0 Å². The summed E-state index contributed by atoms with van der Waals surface area (Å²) < 4.78 is 0. The van der Waals surface area contributed by atoms with Gasteiger partial charge in [-0.25, -0.2) is 0 Å². The first kappa shape index (κ1) is 17.7. The third kappa shape index (κ3) is 4.65. The van der Waals surface area contributed by atoms with Crippen molar-refractivity contribution in [3.8, 4) is 0 Å². The van der Waals surface area contributed by atoms with Gasteiger partial charge >= 0.3 is 0 Å². The maximum atomic E-state index is 12.6. The second-order valence-corrected chi connectivity index (χ2v) is 6.32. The number of aliphatic hydroxyl groups is 1. The summed E-state index contributed by atoms with van der Waals surface area (Å²) in [6.45, 7) is 10.1. The highest BCUT2D eigenvalue weighted by Crippen LogP contribution is 2.25. The van der Waals surface area contributed by atoms with Crippen LogP contribution in [-0.2, 0) is 4.79 Å². The number of amides is 1. The molecule has 0 atom stereocenters.